The van der Waals surface area contributed by atoms with E-state index in [1.165, 1.54) is 42.1 Å². The zero-order valence-electron chi connectivity index (χ0n) is 12.8. The van der Waals surface area contributed by atoms with Crippen LogP contribution in [0.5, 0.6) is 0 Å². The van der Waals surface area contributed by atoms with Gasteiger partial charge in [-0.3, -0.25) is 4.79 Å². The van der Waals surface area contributed by atoms with Crippen LogP contribution in [0.4, 0.5) is 5.69 Å². The summed E-state index contributed by atoms with van der Waals surface area (Å²) in [7, 11) is 0. The van der Waals surface area contributed by atoms with Crippen molar-refractivity contribution in [2.75, 3.05) is 11.9 Å². The van der Waals surface area contributed by atoms with Gasteiger partial charge < -0.3 is 10.6 Å². The first-order valence-electron chi connectivity index (χ1n) is 8.41. The first kappa shape index (κ1) is 14.9. The summed E-state index contributed by atoms with van der Waals surface area (Å²) in [5.41, 5.74) is 1.15. The second kappa shape index (κ2) is 5.78. The maximum Gasteiger partial charge on any atom is 0.238 e. The average Bonchev–Trinajstić information content (AvgIpc) is 2.46. The number of hydrogen-bond donors (Lipinski definition) is 2. The molecule has 0 unspecified atom stereocenters. The Bertz CT molecular complexity index is 534. The second-order valence-corrected chi connectivity index (χ2v) is 8.85. The number of hydrogen-bond acceptors (Lipinski definition) is 2. The number of rotatable bonds is 4. The lowest BCUT2D eigenvalue weighted by Crippen LogP contribution is -2.59. The van der Waals surface area contributed by atoms with E-state index in [9.17, 15) is 4.79 Å². The number of benzene rings is 1. The van der Waals surface area contributed by atoms with Gasteiger partial charge in [-0.1, -0.05) is 0 Å². The van der Waals surface area contributed by atoms with Crippen molar-refractivity contribution in [2.24, 2.45) is 17.8 Å². The van der Waals surface area contributed by atoms with Gasteiger partial charge in [-0.15, -0.1) is 0 Å². The molecule has 118 valence electrons. The van der Waals surface area contributed by atoms with E-state index in [0.29, 0.717) is 6.54 Å². The normalized spacial score (nSPS) is 35.6. The molecular weight excluding hydrogens is 387 g/mol. The molecule has 4 aliphatic carbocycles. The topological polar surface area (TPSA) is 41.1 Å². The first-order valence-corrected chi connectivity index (χ1v) is 9.49. The fraction of sp³-hybridized carbons (Fsp3) is 0.611. The molecule has 5 rings (SSSR count). The third-order valence-corrected chi connectivity index (χ3v) is 6.51. The van der Waals surface area contributed by atoms with Gasteiger partial charge in [-0.25, -0.2) is 0 Å². The zero-order valence-corrected chi connectivity index (χ0v) is 14.9. The van der Waals surface area contributed by atoms with Gasteiger partial charge in [0.1, 0.15) is 0 Å². The van der Waals surface area contributed by atoms with Crippen LogP contribution in [-0.2, 0) is 4.79 Å². The van der Waals surface area contributed by atoms with Crippen LogP contribution in [0.3, 0.4) is 0 Å². The predicted octanol–water partition coefficient (Wildman–Crippen LogP) is 3.79. The molecule has 1 amide bonds. The van der Waals surface area contributed by atoms with Gasteiger partial charge in [0.2, 0.25) is 5.91 Å². The Labute approximate surface area is 145 Å². The van der Waals surface area contributed by atoms with Gasteiger partial charge >= 0.3 is 0 Å². The van der Waals surface area contributed by atoms with Crippen molar-refractivity contribution in [1.82, 2.24) is 5.32 Å². The van der Waals surface area contributed by atoms with E-state index in [4.69, 9.17) is 0 Å². The third kappa shape index (κ3) is 3.04. The Kier molecular flexibility index (Phi) is 3.93. The summed E-state index contributed by atoms with van der Waals surface area (Å²) in [5.74, 6) is 2.82. The van der Waals surface area contributed by atoms with E-state index >= 15 is 0 Å². The second-order valence-electron chi connectivity index (χ2n) is 7.61. The molecule has 0 atom stereocenters. The highest BCUT2D eigenvalue weighted by Gasteiger charge is 2.50. The number of nitrogens with one attached hydrogen (secondary N) is 2. The number of halogens is 1. The van der Waals surface area contributed by atoms with Gasteiger partial charge in [0.05, 0.1) is 6.54 Å². The van der Waals surface area contributed by atoms with Gasteiger partial charge in [0.25, 0.3) is 0 Å². The SMILES string of the molecule is O=C(CNC12CC3CC(CC(C3)C1)C2)Nc1ccc(I)cc1. The monoisotopic (exact) mass is 410 g/mol. The predicted molar refractivity (Wildman–Crippen MR) is 96.7 cm³/mol. The van der Waals surface area contributed by atoms with Gasteiger partial charge in [-0.2, -0.15) is 0 Å². The van der Waals surface area contributed by atoms with E-state index in [2.05, 4.69) is 33.2 Å². The first-order chi connectivity index (χ1) is 10.6. The zero-order chi connectivity index (χ0) is 15.2. The molecule has 0 saturated heterocycles. The fourth-order valence-electron chi connectivity index (χ4n) is 5.33. The Morgan fingerprint density at radius 1 is 1.05 bits per heavy atom. The summed E-state index contributed by atoms with van der Waals surface area (Å²) in [6.45, 7) is 0.443. The largest absolute Gasteiger partial charge is 0.325 e. The number of anilines is 1. The minimum absolute atomic E-state index is 0.0805. The highest BCUT2D eigenvalue weighted by Crippen LogP contribution is 2.55. The summed E-state index contributed by atoms with van der Waals surface area (Å²) in [5, 5.41) is 6.64. The Hall–Kier alpha value is -0.620. The molecule has 0 radical (unpaired) electrons. The molecule has 4 fully saturated rings. The summed E-state index contributed by atoms with van der Waals surface area (Å²) in [4.78, 5) is 12.2. The summed E-state index contributed by atoms with van der Waals surface area (Å²) in [6, 6.07) is 7.96. The fourth-order valence-corrected chi connectivity index (χ4v) is 5.69. The minimum atomic E-state index is 0.0805. The van der Waals surface area contributed by atoms with E-state index in [1.54, 1.807) is 0 Å². The highest BCUT2D eigenvalue weighted by atomic mass is 127. The van der Waals surface area contributed by atoms with Gasteiger partial charge in [0.15, 0.2) is 0 Å². The van der Waals surface area contributed by atoms with Crippen molar-refractivity contribution in [3.63, 3.8) is 0 Å². The number of carbonyl (C=O) groups excluding carboxylic acids is 1. The van der Waals surface area contributed by atoms with Crippen molar-refractivity contribution < 1.29 is 4.79 Å². The van der Waals surface area contributed by atoms with Crippen molar-refractivity contribution in [3.05, 3.63) is 27.8 Å². The number of amides is 1. The molecule has 4 aliphatic rings. The van der Waals surface area contributed by atoms with Crippen LogP contribution < -0.4 is 10.6 Å². The Morgan fingerprint density at radius 3 is 2.14 bits per heavy atom. The summed E-state index contributed by atoms with van der Waals surface area (Å²) < 4.78 is 1.18. The molecule has 1 aromatic carbocycles. The molecule has 22 heavy (non-hydrogen) atoms. The van der Waals surface area contributed by atoms with Crippen LogP contribution in [0, 0.1) is 21.3 Å². The van der Waals surface area contributed by atoms with Crippen LogP contribution >= 0.6 is 22.6 Å². The van der Waals surface area contributed by atoms with Crippen LogP contribution in [0.25, 0.3) is 0 Å². The molecular formula is C18H23IN2O. The maximum atomic E-state index is 12.2. The summed E-state index contributed by atoms with van der Waals surface area (Å²) >= 11 is 2.27. The van der Waals surface area contributed by atoms with E-state index in [-0.39, 0.29) is 11.4 Å². The lowest BCUT2D eigenvalue weighted by molar-refractivity contribution is -0.116. The van der Waals surface area contributed by atoms with Crippen LogP contribution in [0.2, 0.25) is 0 Å². The van der Waals surface area contributed by atoms with E-state index in [0.717, 1.165) is 23.4 Å². The molecule has 0 aromatic heterocycles. The standard InChI is InChI=1S/C18H23IN2O/c19-15-1-3-16(4-2-15)21-17(22)11-20-18-8-12-5-13(9-18)7-14(6-12)10-18/h1-4,12-14,20H,5-11H2,(H,21,22). The van der Waals surface area contributed by atoms with Crippen LogP contribution in [0.15, 0.2) is 24.3 Å². The van der Waals surface area contributed by atoms with E-state index in [1.807, 2.05) is 24.3 Å². The molecule has 2 N–H and O–H groups in total. The molecule has 1 aromatic rings. The quantitative estimate of drug-likeness (QED) is 0.742. The third-order valence-electron chi connectivity index (χ3n) is 5.79. The lowest BCUT2D eigenvalue weighted by atomic mass is 9.53. The molecule has 3 nitrogen and oxygen atoms in total. The average molecular weight is 410 g/mol. The van der Waals surface area contributed by atoms with Crippen molar-refractivity contribution in [3.8, 4) is 0 Å². The Balaban J connectivity index is 1.34. The molecule has 4 bridgehead atoms. The molecule has 0 spiro atoms. The van der Waals surface area contributed by atoms with Crippen molar-refractivity contribution in [1.29, 1.82) is 0 Å². The van der Waals surface area contributed by atoms with Crippen LogP contribution in [-0.4, -0.2) is 18.0 Å². The molecule has 0 aliphatic heterocycles. The molecule has 4 saturated carbocycles. The lowest BCUT2D eigenvalue weighted by Gasteiger charge is -2.57. The Morgan fingerprint density at radius 2 is 1.59 bits per heavy atom. The van der Waals surface area contributed by atoms with Crippen molar-refractivity contribution >= 4 is 34.2 Å². The molecule has 4 heteroatoms. The summed E-state index contributed by atoms with van der Waals surface area (Å²) in [6.07, 6.45) is 8.18. The maximum absolute atomic E-state index is 12.2. The van der Waals surface area contributed by atoms with Gasteiger partial charge in [-0.05, 0) is 103 Å². The smallest absolute Gasteiger partial charge is 0.238 e. The number of carbonyl (C=O) groups is 1. The van der Waals surface area contributed by atoms with Crippen LogP contribution in [0.1, 0.15) is 38.5 Å². The molecule has 0 heterocycles. The van der Waals surface area contributed by atoms with Gasteiger partial charge in [0, 0.05) is 14.8 Å². The minimum Gasteiger partial charge on any atom is -0.325 e. The van der Waals surface area contributed by atoms with E-state index < -0.39 is 0 Å². The highest BCUT2D eigenvalue weighted by molar-refractivity contribution is 14.1. The van der Waals surface area contributed by atoms with Crippen molar-refractivity contribution in [2.45, 2.75) is 44.1 Å².